The Hall–Kier alpha value is -3.98. The number of pyridine rings is 1. The Morgan fingerprint density at radius 2 is 2.06 bits per heavy atom. The number of esters is 1. The molecule has 4 aromatic rings. The maximum absolute atomic E-state index is 14.4. The van der Waals surface area contributed by atoms with Gasteiger partial charge in [0.15, 0.2) is 0 Å². The molecule has 1 saturated heterocycles. The van der Waals surface area contributed by atoms with E-state index in [0.717, 1.165) is 23.1 Å². The van der Waals surface area contributed by atoms with E-state index >= 15 is 0 Å². The third kappa shape index (κ3) is 4.95. The molecule has 35 heavy (non-hydrogen) atoms. The molecule has 8 nitrogen and oxygen atoms in total. The van der Waals surface area contributed by atoms with Gasteiger partial charge in [0.05, 0.1) is 36.9 Å². The average Bonchev–Trinajstić information content (AvgIpc) is 3.49. The summed E-state index contributed by atoms with van der Waals surface area (Å²) in [5.41, 5.74) is 3.63. The minimum Gasteiger partial charge on any atom is -0.469 e. The molecule has 1 fully saturated rings. The van der Waals surface area contributed by atoms with Gasteiger partial charge in [0, 0.05) is 43.6 Å². The molecule has 0 aliphatic carbocycles. The molecule has 1 aliphatic rings. The Morgan fingerprint density at radius 1 is 1.20 bits per heavy atom. The minimum atomic E-state index is -0.366. The molecule has 9 heteroatoms. The van der Waals surface area contributed by atoms with Crippen molar-refractivity contribution in [3.63, 3.8) is 0 Å². The first kappa shape index (κ1) is 22.8. The van der Waals surface area contributed by atoms with Crippen LogP contribution in [0.1, 0.15) is 23.6 Å². The summed E-state index contributed by atoms with van der Waals surface area (Å²) in [5.74, 6) is 1.27. The van der Waals surface area contributed by atoms with Crippen LogP contribution in [0.3, 0.4) is 0 Å². The second-order valence-corrected chi connectivity index (χ2v) is 8.40. The third-order valence-corrected chi connectivity index (χ3v) is 6.05. The van der Waals surface area contributed by atoms with Gasteiger partial charge in [-0.3, -0.25) is 9.78 Å². The molecule has 0 saturated carbocycles. The minimum absolute atomic E-state index is 0.0678. The van der Waals surface area contributed by atoms with Crippen molar-refractivity contribution in [2.45, 2.75) is 18.8 Å². The largest absolute Gasteiger partial charge is 0.469 e. The smallest absolute Gasteiger partial charge is 0.311 e. The number of hydrogen-bond acceptors (Lipinski definition) is 7. The number of nitrogens with one attached hydrogen (secondary N) is 1. The van der Waals surface area contributed by atoms with Gasteiger partial charge < -0.3 is 24.1 Å². The fourth-order valence-electron chi connectivity index (χ4n) is 4.17. The quantitative estimate of drug-likeness (QED) is 0.381. The van der Waals surface area contributed by atoms with Crippen molar-refractivity contribution >= 4 is 28.6 Å². The van der Waals surface area contributed by atoms with Crippen molar-refractivity contribution in [2.75, 3.05) is 25.6 Å². The Kier molecular flexibility index (Phi) is 6.33. The van der Waals surface area contributed by atoms with Crippen LogP contribution in [0.25, 0.3) is 11.0 Å². The summed E-state index contributed by atoms with van der Waals surface area (Å²) >= 11 is 0. The van der Waals surface area contributed by atoms with Crippen LogP contribution in [-0.2, 0) is 27.7 Å². The summed E-state index contributed by atoms with van der Waals surface area (Å²) in [5, 5.41) is 3.30. The number of nitrogens with zero attached hydrogens (tertiary/aromatic N) is 3. The fraction of sp³-hybridized carbons (Fsp3) is 0.269. The first-order chi connectivity index (χ1) is 17.0. The highest BCUT2D eigenvalue weighted by molar-refractivity contribution is 5.81. The normalized spacial score (nSPS) is 15.3. The summed E-state index contributed by atoms with van der Waals surface area (Å²) in [7, 11) is 3.25. The van der Waals surface area contributed by atoms with Crippen LogP contribution >= 0.6 is 0 Å². The molecule has 1 N–H and O–H groups in total. The lowest BCUT2D eigenvalue weighted by Crippen LogP contribution is -2.05. The molecule has 5 rings (SSSR count). The molecule has 1 unspecified atom stereocenters. The van der Waals surface area contributed by atoms with Crippen molar-refractivity contribution in [2.24, 2.45) is 7.05 Å². The van der Waals surface area contributed by atoms with E-state index in [1.165, 1.54) is 13.2 Å². The van der Waals surface area contributed by atoms with Gasteiger partial charge in [-0.15, -0.1) is 0 Å². The van der Waals surface area contributed by atoms with E-state index < -0.39 is 0 Å². The van der Waals surface area contributed by atoms with Crippen LogP contribution in [0.15, 0.2) is 54.7 Å². The molecule has 1 atom stereocenters. The number of anilines is 2. The maximum atomic E-state index is 14.4. The highest BCUT2D eigenvalue weighted by atomic mass is 19.1. The van der Waals surface area contributed by atoms with Gasteiger partial charge in [-0.2, -0.15) is 0 Å². The van der Waals surface area contributed by atoms with Gasteiger partial charge in [0.2, 0.25) is 5.95 Å². The van der Waals surface area contributed by atoms with Crippen LogP contribution in [0, 0.1) is 5.82 Å². The van der Waals surface area contributed by atoms with Crippen LogP contribution in [0.5, 0.6) is 11.5 Å². The first-order valence-electron chi connectivity index (χ1n) is 11.3. The fourth-order valence-corrected chi connectivity index (χ4v) is 4.17. The monoisotopic (exact) mass is 476 g/mol. The molecule has 2 aromatic carbocycles. The summed E-state index contributed by atoms with van der Waals surface area (Å²) < 4.78 is 32.4. The van der Waals surface area contributed by atoms with Gasteiger partial charge in [-0.1, -0.05) is 0 Å². The summed E-state index contributed by atoms with van der Waals surface area (Å²) in [6.07, 6.45) is 2.47. The van der Waals surface area contributed by atoms with Crippen molar-refractivity contribution in [3.8, 4) is 11.5 Å². The summed E-state index contributed by atoms with van der Waals surface area (Å²) in [4.78, 5) is 20.4. The Labute approximate surface area is 201 Å². The van der Waals surface area contributed by atoms with E-state index in [-0.39, 0.29) is 24.1 Å². The number of carbonyl (C=O) groups is 1. The number of benzene rings is 2. The van der Waals surface area contributed by atoms with Gasteiger partial charge in [0.1, 0.15) is 17.3 Å². The third-order valence-electron chi connectivity index (χ3n) is 6.05. The number of methoxy groups -OCH3 is 1. The predicted octanol–water partition coefficient (Wildman–Crippen LogP) is 4.86. The molecule has 1 aliphatic heterocycles. The number of aromatic nitrogens is 3. The summed E-state index contributed by atoms with van der Waals surface area (Å²) in [6, 6.07) is 14.1. The predicted molar refractivity (Wildman–Crippen MR) is 129 cm³/mol. The first-order valence-corrected chi connectivity index (χ1v) is 11.3. The molecule has 0 spiro atoms. The molecular weight excluding hydrogens is 451 g/mol. The maximum Gasteiger partial charge on any atom is 0.311 e. The second kappa shape index (κ2) is 9.71. The summed E-state index contributed by atoms with van der Waals surface area (Å²) in [6.45, 7) is 1.19. The lowest BCUT2D eigenvalue weighted by atomic mass is 9.97. The van der Waals surface area contributed by atoms with E-state index in [1.54, 1.807) is 24.4 Å². The number of fused-ring (bicyclic) bond motifs is 1. The molecule has 0 amide bonds. The van der Waals surface area contributed by atoms with Crippen LogP contribution in [0.2, 0.25) is 0 Å². The lowest BCUT2D eigenvalue weighted by Gasteiger charge is -2.12. The molecule has 2 aromatic heterocycles. The van der Waals surface area contributed by atoms with Crippen molar-refractivity contribution in [1.82, 2.24) is 14.5 Å². The number of aryl methyl sites for hydroxylation is 1. The average molecular weight is 477 g/mol. The topological polar surface area (TPSA) is 87.5 Å². The molecule has 0 radical (unpaired) electrons. The number of halogens is 1. The highest BCUT2D eigenvalue weighted by Crippen LogP contribution is 2.32. The zero-order valence-electron chi connectivity index (χ0n) is 19.5. The Balaban J connectivity index is 1.36. The van der Waals surface area contributed by atoms with E-state index in [0.29, 0.717) is 41.9 Å². The van der Waals surface area contributed by atoms with E-state index in [9.17, 15) is 9.18 Å². The molecule has 0 bridgehead atoms. The standard InChI is InChI=1S/C26H25FN4O4/c1-31-24-6-4-19(35-20-7-9-28-18(11-20)13-25(32)33-2)14-23(24)30-26(31)29-17-3-5-22(27)21(12-17)16-8-10-34-15-16/h3-7,9,11-12,14,16H,8,10,13,15H2,1-2H3,(H,29,30). The Bertz CT molecular complexity index is 1380. The number of imidazole rings is 1. The molecular formula is C26H25FN4O4. The van der Waals surface area contributed by atoms with Crippen molar-refractivity contribution < 1.29 is 23.4 Å². The van der Waals surface area contributed by atoms with Crippen LogP contribution in [0.4, 0.5) is 16.0 Å². The molecule has 180 valence electrons. The highest BCUT2D eigenvalue weighted by Gasteiger charge is 2.21. The van der Waals surface area contributed by atoms with Crippen molar-refractivity contribution in [3.05, 3.63) is 71.8 Å². The zero-order chi connectivity index (χ0) is 24.4. The van der Waals surface area contributed by atoms with Gasteiger partial charge in [-0.05, 0) is 48.4 Å². The number of rotatable bonds is 7. The molecule has 3 heterocycles. The number of ether oxygens (including phenoxy) is 3. The van der Waals surface area contributed by atoms with Gasteiger partial charge in [0.25, 0.3) is 0 Å². The van der Waals surface area contributed by atoms with E-state index in [1.807, 2.05) is 35.9 Å². The van der Waals surface area contributed by atoms with Crippen molar-refractivity contribution in [1.29, 1.82) is 0 Å². The van der Waals surface area contributed by atoms with E-state index in [2.05, 4.69) is 10.3 Å². The SMILES string of the molecule is COC(=O)Cc1cc(Oc2ccc3c(c2)nc(Nc2ccc(F)c(C4CCOC4)c2)n3C)ccn1. The van der Waals surface area contributed by atoms with E-state index in [4.69, 9.17) is 19.2 Å². The van der Waals surface area contributed by atoms with Crippen LogP contribution < -0.4 is 10.1 Å². The van der Waals surface area contributed by atoms with Crippen LogP contribution in [-0.4, -0.2) is 40.8 Å². The van der Waals surface area contributed by atoms with Gasteiger partial charge in [-0.25, -0.2) is 9.37 Å². The number of hydrogen-bond donors (Lipinski definition) is 1. The number of carbonyl (C=O) groups excluding carboxylic acids is 1. The lowest BCUT2D eigenvalue weighted by molar-refractivity contribution is -0.139. The zero-order valence-corrected chi connectivity index (χ0v) is 19.5. The van der Waals surface area contributed by atoms with Gasteiger partial charge >= 0.3 is 5.97 Å². The Morgan fingerprint density at radius 3 is 2.86 bits per heavy atom. The second-order valence-electron chi connectivity index (χ2n) is 8.40.